The maximum atomic E-state index is 16.1. The van der Waals surface area contributed by atoms with E-state index in [4.69, 9.17) is 24.2 Å². The number of pyridine rings is 1. The number of carbonyl (C=O) groups is 2. The van der Waals surface area contributed by atoms with Crippen molar-refractivity contribution < 1.29 is 33.3 Å². The molecule has 0 unspecified atom stereocenters. The van der Waals surface area contributed by atoms with Crippen LogP contribution in [0.25, 0.3) is 55.3 Å². The Labute approximate surface area is 457 Å². The lowest BCUT2D eigenvalue weighted by Gasteiger charge is -2.30. The zero-order valence-electron chi connectivity index (χ0n) is 45.2. The summed E-state index contributed by atoms with van der Waals surface area (Å²) in [6.07, 6.45) is 9.04. The van der Waals surface area contributed by atoms with Gasteiger partial charge in [0.2, 0.25) is 11.8 Å². The van der Waals surface area contributed by atoms with Crippen molar-refractivity contribution >= 4 is 39.4 Å². The standard InChI is InChI=1S/C60H65FN12O6/c1-32(2)55(59(76)72-28-44(74)21-51(72)58(75)65-35(5)37-13-15-38(16-14-37)41-8-7-19-62-24-41)73-29-50(69-70-73)40-11-9-36(10-12-40)31-78-56-53(52-34(4)48(61)23-49-47(52)26-64-68-49)45(39-17-18-39)22-46-54(56)66-60(79-30-33(3)77-6)67-57(46)71-27-42-20-43(71)25-63-42/h7-16,19,22-24,26,29,32-33,35,39,42-44,51,55,63,74H,17-18,20-21,25,27-28,30-31H2,1-6H3,(H,64,68)(H,65,75)/t33-,35-,42-,43-,44+,51-,55-/m0/s1. The van der Waals surface area contributed by atoms with Gasteiger partial charge in [0.1, 0.15) is 48.1 Å². The van der Waals surface area contributed by atoms with Gasteiger partial charge in [0.05, 0.1) is 36.2 Å². The molecular formula is C60H65FN12O6. The van der Waals surface area contributed by atoms with Crippen LogP contribution in [0.4, 0.5) is 10.2 Å². The highest BCUT2D eigenvalue weighted by Gasteiger charge is 2.44. The van der Waals surface area contributed by atoms with E-state index in [0.717, 1.165) is 87.9 Å². The van der Waals surface area contributed by atoms with Gasteiger partial charge in [-0.25, -0.2) is 9.07 Å². The van der Waals surface area contributed by atoms with E-state index in [-0.39, 0.29) is 79.8 Å². The fourth-order valence-electron chi connectivity index (χ4n) is 11.7. The van der Waals surface area contributed by atoms with E-state index in [9.17, 15) is 14.7 Å². The van der Waals surface area contributed by atoms with Crippen molar-refractivity contribution in [1.82, 2.24) is 55.7 Å². The van der Waals surface area contributed by atoms with Crippen molar-refractivity contribution in [3.8, 4) is 45.3 Å². The summed E-state index contributed by atoms with van der Waals surface area (Å²) >= 11 is 0. The molecule has 79 heavy (non-hydrogen) atoms. The van der Waals surface area contributed by atoms with Crippen LogP contribution in [0.1, 0.15) is 93.6 Å². The number of likely N-dealkylation sites (tertiary alicyclic amines) is 1. The van der Waals surface area contributed by atoms with E-state index in [2.05, 4.69) is 47.1 Å². The van der Waals surface area contributed by atoms with Gasteiger partial charge in [-0.2, -0.15) is 15.1 Å². The molecule has 3 saturated heterocycles. The molecule has 1 aliphatic carbocycles. The number of benzene rings is 4. The third-order valence-corrected chi connectivity index (χ3v) is 16.3. The molecule has 18 nitrogen and oxygen atoms in total. The van der Waals surface area contributed by atoms with E-state index in [0.29, 0.717) is 39.6 Å². The Hall–Kier alpha value is -7.87. The number of hydrogen-bond donors (Lipinski definition) is 4. The molecule has 4 aromatic heterocycles. The Kier molecular flexibility index (Phi) is 14.1. The number of aliphatic hydroxyl groups excluding tert-OH is 1. The number of halogens is 1. The number of amides is 2. The summed E-state index contributed by atoms with van der Waals surface area (Å²) in [7, 11) is 1.64. The van der Waals surface area contributed by atoms with Crippen LogP contribution in [0.5, 0.6) is 11.8 Å². The van der Waals surface area contributed by atoms with E-state index < -0.39 is 18.2 Å². The van der Waals surface area contributed by atoms with Crippen LogP contribution in [0.3, 0.4) is 0 Å². The molecule has 7 atom stereocenters. The fourth-order valence-corrected chi connectivity index (χ4v) is 11.7. The number of rotatable bonds is 18. The average Bonchev–Trinajstić information content (AvgIpc) is 4.19. The van der Waals surface area contributed by atoms with Crippen molar-refractivity contribution in [2.24, 2.45) is 5.92 Å². The molecule has 12 rings (SSSR count). The molecule has 3 aliphatic heterocycles. The van der Waals surface area contributed by atoms with Crippen molar-refractivity contribution in [3.63, 3.8) is 0 Å². The summed E-state index contributed by atoms with van der Waals surface area (Å²) < 4.78 is 36.6. The molecule has 2 amide bonds. The number of nitrogens with one attached hydrogen (secondary N) is 3. The molecule has 7 heterocycles. The van der Waals surface area contributed by atoms with Gasteiger partial charge < -0.3 is 39.8 Å². The second-order valence-corrected chi connectivity index (χ2v) is 22.1. The van der Waals surface area contributed by atoms with Crippen molar-refractivity contribution in [3.05, 3.63) is 126 Å². The number of ether oxygens (including phenoxy) is 3. The van der Waals surface area contributed by atoms with E-state index >= 15 is 4.39 Å². The Morgan fingerprint density at radius 2 is 1.71 bits per heavy atom. The highest BCUT2D eigenvalue weighted by Crippen LogP contribution is 2.53. The maximum Gasteiger partial charge on any atom is 0.319 e. The minimum Gasteiger partial charge on any atom is -0.486 e. The largest absolute Gasteiger partial charge is 0.486 e. The number of β-amino-alcohol motifs (C(OH)–C–C–N with tert-alkyl or cyclic N) is 1. The number of piperazine rings is 1. The van der Waals surface area contributed by atoms with E-state index in [1.54, 1.807) is 43.5 Å². The Bertz CT molecular complexity index is 3550. The number of methoxy groups -OCH3 is 1. The number of hydrogen-bond acceptors (Lipinski definition) is 14. The van der Waals surface area contributed by atoms with Crippen molar-refractivity contribution in [2.45, 2.75) is 115 Å². The second kappa shape index (κ2) is 21.4. The van der Waals surface area contributed by atoms with Crippen LogP contribution in [0, 0.1) is 18.7 Å². The Morgan fingerprint density at radius 3 is 2.42 bits per heavy atom. The lowest BCUT2D eigenvalue weighted by Crippen LogP contribution is -2.49. The highest BCUT2D eigenvalue weighted by molar-refractivity contribution is 6.06. The smallest absolute Gasteiger partial charge is 0.319 e. The molecule has 0 radical (unpaired) electrons. The first-order valence-electron chi connectivity index (χ1n) is 27.4. The number of fused-ring (bicyclic) bond motifs is 4. The van der Waals surface area contributed by atoms with Gasteiger partial charge in [-0.05, 0) is 103 Å². The predicted molar refractivity (Wildman–Crippen MR) is 297 cm³/mol. The first kappa shape index (κ1) is 51.9. The quantitative estimate of drug-likeness (QED) is 0.0636. The third kappa shape index (κ3) is 10.1. The number of carbonyl (C=O) groups excluding carboxylic acids is 2. The summed E-state index contributed by atoms with van der Waals surface area (Å²) in [6.45, 7) is 11.5. The molecule has 408 valence electrons. The van der Waals surface area contributed by atoms with Gasteiger partial charge in [-0.1, -0.05) is 73.7 Å². The number of aromatic amines is 1. The molecular weight excluding hydrogens is 1000 g/mol. The summed E-state index contributed by atoms with van der Waals surface area (Å²) in [5.41, 5.74) is 9.23. The minimum atomic E-state index is -0.874. The van der Waals surface area contributed by atoms with Gasteiger partial charge in [0, 0.05) is 85.1 Å². The number of aliphatic hydroxyl groups is 1. The molecule has 4 N–H and O–H groups in total. The monoisotopic (exact) mass is 1070 g/mol. The van der Waals surface area contributed by atoms with Crippen LogP contribution >= 0.6 is 0 Å². The maximum absolute atomic E-state index is 16.1. The summed E-state index contributed by atoms with van der Waals surface area (Å²) in [5.74, 6) is 0.260. The summed E-state index contributed by atoms with van der Waals surface area (Å²) in [5, 5.41) is 35.6. The van der Waals surface area contributed by atoms with E-state index in [1.807, 2.05) is 88.4 Å². The molecule has 4 aromatic carbocycles. The lowest BCUT2D eigenvalue weighted by atomic mass is 9.88. The summed E-state index contributed by atoms with van der Waals surface area (Å²) in [6, 6.07) is 22.1. The van der Waals surface area contributed by atoms with Crippen LogP contribution in [0.2, 0.25) is 0 Å². The fraction of sp³-hybridized carbons (Fsp3) is 0.400. The number of anilines is 1. The first-order chi connectivity index (χ1) is 38.3. The zero-order chi connectivity index (χ0) is 54.6. The molecule has 8 aromatic rings. The van der Waals surface area contributed by atoms with Crippen molar-refractivity contribution in [2.75, 3.05) is 38.3 Å². The SMILES string of the molecule is CO[C@@H](C)COc1nc(N2C[C@@H]3C[C@H]2CN3)c2cc(C3CC3)c(-c3c(C)c(F)cc4[nH]ncc34)c(OCc3ccc(-c4cn([C@H](C(=O)N5C[C@H](O)C[C@H]5C(=O)N[C@@H](C)c5ccc(-c6cccnc6)cc5)C(C)C)nn4)cc3)c2n1. The Morgan fingerprint density at radius 1 is 0.911 bits per heavy atom. The number of aromatic nitrogens is 8. The normalized spacial score (nSPS) is 20.1. The lowest BCUT2D eigenvalue weighted by molar-refractivity contribution is -0.142. The van der Waals surface area contributed by atoms with Gasteiger partial charge in [0.25, 0.3) is 0 Å². The highest BCUT2D eigenvalue weighted by atomic mass is 19.1. The minimum absolute atomic E-state index is 0.0187. The van der Waals surface area contributed by atoms with Gasteiger partial charge in [-0.15, -0.1) is 5.10 Å². The van der Waals surface area contributed by atoms with Crippen molar-refractivity contribution in [1.29, 1.82) is 0 Å². The third-order valence-electron chi connectivity index (χ3n) is 16.3. The second-order valence-electron chi connectivity index (χ2n) is 22.1. The Balaban J connectivity index is 0.822. The van der Waals surface area contributed by atoms with Crippen LogP contribution in [0.15, 0.2) is 97.6 Å². The molecule has 0 spiro atoms. The average molecular weight is 1070 g/mol. The summed E-state index contributed by atoms with van der Waals surface area (Å²) in [4.78, 5) is 46.8. The van der Waals surface area contributed by atoms with Crippen LogP contribution in [-0.2, 0) is 20.9 Å². The molecule has 4 aliphatic rings. The first-order valence-corrected chi connectivity index (χ1v) is 27.4. The van der Waals surface area contributed by atoms with Gasteiger partial charge >= 0.3 is 6.01 Å². The van der Waals surface area contributed by atoms with Gasteiger partial charge in [0.15, 0.2) is 5.75 Å². The number of H-pyrrole nitrogens is 1. The zero-order valence-corrected chi connectivity index (χ0v) is 45.2. The van der Waals surface area contributed by atoms with Crippen LogP contribution in [-0.4, -0.2) is 126 Å². The molecule has 19 heteroatoms. The number of nitrogens with zero attached hydrogens (tertiary/aromatic N) is 9. The van der Waals surface area contributed by atoms with E-state index in [1.165, 1.54) is 11.0 Å². The topological polar surface area (TPSA) is 211 Å². The molecule has 2 bridgehead atoms. The predicted octanol–water partition coefficient (Wildman–Crippen LogP) is 8.40. The van der Waals surface area contributed by atoms with Gasteiger partial charge in [-0.3, -0.25) is 19.7 Å². The van der Waals surface area contributed by atoms with Crippen LogP contribution < -0.4 is 25.0 Å². The molecule has 4 fully saturated rings. The molecule has 1 saturated carbocycles.